The number of esters is 1. The fourth-order valence-electron chi connectivity index (χ4n) is 3.86. The predicted molar refractivity (Wildman–Crippen MR) is 136 cm³/mol. The van der Waals surface area contributed by atoms with E-state index >= 15 is 0 Å². The lowest BCUT2D eigenvalue weighted by molar-refractivity contribution is -0.137. The summed E-state index contributed by atoms with van der Waals surface area (Å²) in [6, 6.07) is 14.7. The van der Waals surface area contributed by atoms with Crippen LogP contribution in [0, 0.1) is 12.8 Å². The number of aryl methyl sites for hydroxylation is 1. The van der Waals surface area contributed by atoms with Crippen LogP contribution in [0.4, 0.5) is 0 Å². The molecule has 0 bridgehead atoms. The number of nitrogens with zero attached hydrogens (tertiary/aromatic N) is 1. The molecule has 0 atom stereocenters. The molecule has 3 aromatic rings. The summed E-state index contributed by atoms with van der Waals surface area (Å²) in [7, 11) is 0. The van der Waals surface area contributed by atoms with Crippen molar-refractivity contribution in [2.75, 3.05) is 6.61 Å². The Bertz CT molecular complexity index is 1110. The molecule has 1 aliphatic carbocycles. The Morgan fingerprint density at radius 2 is 1.88 bits per heavy atom. The molecule has 1 aromatic heterocycles. The van der Waals surface area contributed by atoms with Crippen LogP contribution in [0.2, 0.25) is 0 Å². The Kier molecular flexibility index (Phi) is 9.26. The highest BCUT2D eigenvalue weighted by Gasteiger charge is 2.25. The van der Waals surface area contributed by atoms with E-state index in [0.717, 1.165) is 51.2 Å². The van der Waals surface area contributed by atoms with E-state index in [2.05, 4.69) is 37.3 Å². The second kappa shape index (κ2) is 11.5. The maximum Gasteiger partial charge on any atom is 0.330 e. The normalized spacial score (nSPS) is 13.0. The van der Waals surface area contributed by atoms with Crippen molar-refractivity contribution in [2.45, 2.75) is 39.7 Å². The van der Waals surface area contributed by atoms with Crippen LogP contribution < -0.4 is 5.73 Å². The number of aromatic nitrogens is 1. The lowest BCUT2D eigenvalue weighted by atomic mass is 9.91. The molecule has 0 amide bonds. The van der Waals surface area contributed by atoms with Crippen LogP contribution in [0.25, 0.3) is 28.1 Å². The smallest absolute Gasteiger partial charge is 0.330 e. The number of hydrogen-bond acceptors (Lipinski definition) is 4. The van der Waals surface area contributed by atoms with Gasteiger partial charge in [0.2, 0.25) is 0 Å². The molecule has 1 saturated carbocycles. The van der Waals surface area contributed by atoms with Gasteiger partial charge in [0.25, 0.3) is 0 Å². The summed E-state index contributed by atoms with van der Waals surface area (Å²) in [4.78, 5) is 16.7. The van der Waals surface area contributed by atoms with Crippen molar-refractivity contribution < 1.29 is 9.53 Å². The van der Waals surface area contributed by atoms with E-state index < -0.39 is 0 Å². The van der Waals surface area contributed by atoms with Crippen LogP contribution in [0.5, 0.6) is 0 Å². The van der Waals surface area contributed by atoms with E-state index in [1.165, 1.54) is 24.5 Å². The first-order chi connectivity index (χ1) is 14.6. The van der Waals surface area contributed by atoms with Gasteiger partial charge in [0.05, 0.1) is 12.1 Å². The fourth-order valence-corrected chi connectivity index (χ4v) is 3.86. The molecule has 2 aromatic carbocycles. The van der Waals surface area contributed by atoms with E-state index in [1.807, 2.05) is 12.1 Å². The lowest BCUT2D eigenvalue weighted by Gasteiger charge is -2.17. The summed E-state index contributed by atoms with van der Waals surface area (Å²) < 4.78 is 5.00. The van der Waals surface area contributed by atoms with Crippen LogP contribution in [0.15, 0.2) is 48.5 Å². The number of carbonyl (C=O) groups is 1. The third-order valence-corrected chi connectivity index (χ3v) is 5.62. The van der Waals surface area contributed by atoms with E-state index in [-0.39, 0.29) is 30.8 Å². The van der Waals surface area contributed by atoms with Crippen LogP contribution >= 0.6 is 24.8 Å². The molecule has 1 aliphatic rings. The van der Waals surface area contributed by atoms with Gasteiger partial charge < -0.3 is 10.5 Å². The summed E-state index contributed by atoms with van der Waals surface area (Å²) in [6.45, 7) is 4.72. The number of carbonyl (C=O) groups excluding carboxylic acids is 1. The van der Waals surface area contributed by atoms with Gasteiger partial charge in [-0.15, -0.1) is 24.8 Å². The molecular weight excluding hydrogens is 443 g/mol. The van der Waals surface area contributed by atoms with Crippen molar-refractivity contribution >= 4 is 47.8 Å². The van der Waals surface area contributed by atoms with E-state index in [4.69, 9.17) is 15.5 Å². The number of hydrogen-bond donors (Lipinski definition) is 1. The van der Waals surface area contributed by atoms with Crippen molar-refractivity contribution in [3.8, 4) is 11.1 Å². The van der Waals surface area contributed by atoms with E-state index in [0.29, 0.717) is 13.2 Å². The minimum atomic E-state index is -0.336. The first-order valence-corrected chi connectivity index (χ1v) is 10.7. The van der Waals surface area contributed by atoms with Crippen molar-refractivity contribution in [1.29, 1.82) is 0 Å². The number of rotatable bonds is 7. The monoisotopic (exact) mass is 472 g/mol. The topological polar surface area (TPSA) is 65.2 Å². The highest BCUT2D eigenvalue weighted by molar-refractivity contribution is 5.98. The largest absolute Gasteiger partial charge is 0.463 e. The molecule has 2 N–H and O–H groups in total. The zero-order valence-corrected chi connectivity index (χ0v) is 20.1. The van der Waals surface area contributed by atoms with Crippen LogP contribution in [0.3, 0.4) is 0 Å². The highest BCUT2D eigenvalue weighted by atomic mass is 35.5. The molecule has 1 fully saturated rings. The summed E-state index contributed by atoms with van der Waals surface area (Å²) in [6.07, 6.45) is 6.81. The number of pyridine rings is 1. The summed E-state index contributed by atoms with van der Waals surface area (Å²) >= 11 is 0. The molecule has 0 aliphatic heterocycles. The van der Waals surface area contributed by atoms with Gasteiger partial charge in [-0.3, -0.25) is 4.98 Å². The Hall–Kier alpha value is -2.40. The SMILES string of the molecule is CCOC(=O)/C=C/c1ccc2nc(CC3CC3)c(CN)c(-c3ccc(C)cc3)c2c1.Cl.Cl. The zero-order valence-electron chi connectivity index (χ0n) is 18.5. The minimum Gasteiger partial charge on any atom is -0.463 e. The van der Waals surface area contributed by atoms with Gasteiger partial charge in [-0.05, 0) is 79.5 Å². The molecule has 32 heavy (non-hydrogen) atoms. The number of nitrogens with two attached hydrogens (primary N) is 1. The van der Waals surface area contributed by atoms with Gasteiger partial charge >= 0.3 is 5.97 Å². The third-order valence-electron chi connectivity index (χ3n) is 5.62. The zero-order chi connectivity index (χ0) is 21.1. The molecule has 0 spiro atoms. The minimum absolute atomic E-state index is 0. The summed E-state index contributed by atoms with van der Waals surface area (Å²) in [5.74, 6) is 0.398. The Morgan fingerprint density at radius 1 is 1.16 bits per heavy atom. The maximum absolute atomic E-state index is 11.7. The third kappa shape index (κ3) is 5.89. The Morgan fingerprint density at radius 3 is 2.50 bits per heavy atom. The lowest BCUT2D eigenvalue weighted by Crippen LogP contribution is -2.08. The Labute approximate surface area is 202 Å². The van der Waals surface area contributed by atoms with Gasteiger partial charge in [0.1, 0.15) is 0 Å². The van der Waals surface area contributed by atoms with Gasteiger partial charge in [-0.1, -0.05) is 35.9 Å². The van der Waals surface area contributed by atoms with Crippen molar-refractivity contribution in [3.63, 3.8) is 0 Å². The van der Waals surface area contributed by atoms with Gasteiger partial charge in [-0.25, -0.2) is 4.79 Å². The van der Waals surface area contributed by atoms with Gasteiger partial charge in [-0.2, -0.15) is 0 Å². The van der Waals surface area contributed by atoms with Crippen LogP contribution in [-0.4, -0.2) is 17.6 Å². The number of benzene rings is 2. The molecule has 4 rings (SSSR count). The first kappa shape index (κ1) is 25.9. The molecule has 0 radical (unpaired) electrons. The van der Waals surface area contributed by atoms with Crippen LogP contribution in [0.1, 0.15) is 42.1 Å². The van der Waals surface area contributed by atoms with Crippen molar-refractivity contribution in [1.82, 2.24) is 4.98 Å². The molecule has 170 valence electrons. The quantitative estimate of drug-likeness (QED) is 0.336. The molecular formula is C26H30Cl2N2O2. The maximum atomic E-state index is 11.7. The number of fused-ring (bicyclic) bond motifs is 1. The van der Waals surface area contributed by atoms with Crippen molar-refractivity contribution in [2.24, 2.45) is 11.7 Å². The average molecular weight is 473 g/mol. The Balaban J connectivity index is 0.00000181. The fraction of sp³-hybridized carbons (Fsp3) is 0.308. The molecule has 6 heteroatoms. The second-order valence-electron chi connectivity index (χ2n) is 7.99. The van der Waals surface area contributed by atoms with Crippen molar-refractivity contribution in [3.05, 3.63) is 70.9 Å². The summed E-state index contributed by atoms with van der Waals surface area (Å²) in [5, 5.41) is 1.06. The number of halogens is 2. The molecule has 1 heterocycles. The number of ether oxygens (including phenoxy) is 1. The molecule has 0 unspecified atom stereocenters. The average Bonchev–Trinajstić information content (AvgIpc) is 3.56. The molecule has 0 saturated heterocycles. The standard InChI is InChI=1S/C26H28N2O2.2ClH/c1-3-30-25(29)13-9-18-8-12-23-21(14-18)26(20-10-4-17(2)5-11-20)22(16-27)24(28-23)15-19-6-7-19;;/h4-5,8-14,19H,3,6-7,15-16,27H2,1-2H3;2*1H/b13-9+;;. The van der Waals surface area contributed by atoms with Gasteiger partial charge in [0.15, 0.2) is 0 Å². The first-order valence-electron chi connectivity index (χ1n) is 10.7. The van der Waals surface area contributed by atoms with Crippen LogP contribution in [-0.2, 0) is 22.5 Å². The summed E-state index contributed by atoms with van der Waals surface area (Å²) in [5.41, 5.74) is 13.9. The highest BCUT2D eigenvalue weighted by Crippen LogP contribution is 2.38. The second-order valence-corrected chi connectivity index (χ2v) is 7.99. The predicted octanol–water partition coefficient (Wildman–Crippen LogP) is 6.04. The van der Waals surface area contributed by atoms with Gasteiger partial charge in [0, 0.05) is 23.7 Å². The van der Waals surface area contributed by atoms with E-state index in [1.54, 1.807) is 13.0 Å². The van der Waals surface area contributed by atoms with E-state index in [9.17, 15) is 4.79 Å². The molecule has 4 nitrogen and oxygen atoms in total.